The fraction of sp³-hybridized carbons (Fsp3) is 0.364. The predicted octanol–water partition coefficient (Wildman–Crippen LogP) is 5.43. The van der Waals surface area contributed by atoms with E-state index in [4.69, 9.17) is 16.0 Å². The summed E-state index contributed by atoms with van der Waals surface area (Å²) in [7, 11) is 0. The smallest absolute Gasteiger partial charge is 0.264 e. The number of fused-ring (bicyclic) bond motifs is 2. The number of oxazole rings is 1. The van der Waals surface area contributed by atoms with Crippen LogP contribution in [0.1, 0.15) is 51.4 Å². The lowest BCUT2D eigenvalue weighted by Gasteiger charge is -2.30. The maximum absolute atomic E-state index is 13.2. The summed E-state index contributed by atoms with van der Waals surface area (Å²) in [4.78, 5) is 30.4. The van der Waals surface area contributed by atoms with Gasteiger partial charge in [0.1, 0.15) is 16.2 Å². The third kappa shape index (κ3) is 3.26. The van der Waals surface area contributed by atoms with Gasteiger partial charge in [0.05, 0.1) is 4.88 Å². The van der Waals surface area contributed by atoms with Crippen LogP contribution in [0, 0.1) is 20.8 Å². The Labute approximate surface area is 182 Å². The van der Waals surface area contributed by atoms with Crippen LogP contribution in [0.15, 0.2) is 22.6 Å². The number of rotatable bonds is 2. The highest BCUT2D eigenvalue weighted by atomic mass is 35.5. The molecule has 0 atom stereocenters. The Hall–Kier alpha value is -2.51. The first-order valence-corrected chi connectivity index (χ1v) is 11.2. The third-order valence-electron chi connectivity index (χ3n) is 5.77. The Bertz CT molecular complexity index is 1290. The number of hydrogen-bond acceptors (Lipinski definition) is 6. The Kier molecular flexibility index (Phi) is 4.75. The summed E-state index contributed by atoms with van der Waals surface area (Å²) in [6, 6.07) is 5.48. The van der Waals surface area contributed by atoms with Gasteiger partial charge < -0.3 is 9.32 Å². The number of carbonyl (C=O) groups excluding carboxylic acids is 1. The predicted molar refractivity (Wildman–Crippen MR) is 119 cm³/mol. The van der Waals surface area contributed by atoms with Crippen molar-refractivity contribution in [2.24, 2.45) is 0 Å². The zero-order valence-corrected chi connectivity index (χ0v) is 18.6. The van der Waals surface area contributed by atoms with Crippen LogP contribution < -0.4 is 0 Å². The van der Waals surface area contributed by atoms with Crippen molar-refractivity contribution in [2.75, 3.05) is 13.1 Å². The lowest BCUT2D eigenvalue weighted by atomic mass is 9.96. The Morgan fingerprint density at radius 2 is 1.93 bits per heavy atom. The Balaban J connectivity index is 1.35. The quantitative estimate of drug-likeness (QED) is 0.415. The SMILES string of the molecule is Cc1nc(C)c2c(C)c(C(=O)N3CCC(c4nc5cc(Cl)ccc5o4)CC3)sc2n1. The lowest BCUT2D eigenvalue weighted by molar-refractivity contribution is 0.0711. The van der Waals surface area contributed by atoms with Crippen LogP contribution >= 0.6 is 22.9 Å². The molecular weight excluding hydrogens is 420 g/mol. The molecule has 154 valence electrons. The summed E-state index contributed by atoms with van der Waals surface area (Å²) in [5.41, 5.74) is 3.44. The van der Waals surface area contributed by atoms with Crippen LogP contribution in [-0.4, -0.2) is 38.8 Å². The molecule has 0 unspecified atom stereocenters. The average Bonchev–Trinajstić information content (AvgIpc) is 3.28. The van der Waals surface area contributed by atoms with Gasteiger partial charge in [0.25, 0.3) is 5.91 Å². The van der Waals surface area contributed by atoms with E-state index >= 15 is 0 Å². The van der Waals surface area contributed by atoms with Crippen molar-refractivity contribution in [1.82, 2.24) is 19.9 Å². The van der Waals surface area contributed by atoms with Crippen LogP contribution in [0.2, 0.25) is 5.02 Å². The van der Waals surface area contributed by atoms with E-state index in [1.807, 2.05) is 37.8 Å². The minimum atomic E-state index is 0.0790. The molecule has 30 heavy (non-hydrogen) atoms. The molecule has 3 aromatic heterocycles. The van der Waals surface area contributed by atoms with E-state index in [9.17, 15) is 4.79 Å². The topological polar surface area (TPSA) is 72.1 Å². The summed E-state index contributed by atoms with van der Waals surface area (Å²) in [5.74, 6) is 1.76. The maximum Gasteiger partial charge on any atom is 0.264 e. The van der Waals surface area contributed by atoms with Gasteiger partial charge in [-0.3, -0.25) is 4.79 Å². The summed E-state index contributed by atoms with van der Waals surface area (Å²) in [6.07, 6.45) is 1.66. The number of nitrogens with zero attached hydrogens (tertiary/aromatic N) is 4. The summed E-state index contributed by atoms with van der Waals surface area (Å²) in [5, 5.41) is 1.66. The first kappa shape index (κ1) is 19.5. The fourth-order valence-electron chi connectivity index (χ4n) is 4.24. The van der Waals surface area contributed by atoms with Gasteiger partial charge >= 0.3 is 0 Å². The van der Waals surface area contributed by atoms with Crippen LogP contribution in [0.3, 0.4) is 0 Å². The fourth-order valence-corrected chi connectivity index (χ4v) is 5.66. The zero-order valence-electron chi connectivity index (χ0n) is 17.0. The van der Waals surface area contributed by atoms with Gasteiger partial charge in [-0.1, -0.05) is 11.6 Å². The van der Waals surface area contributed by atoms with E-state index in [1.54, 1.807) is 6.07 Å². The first-order chi connectivity index (χ1) is 14.4. The number of thiophene rings is 1. The van der Waals surface area contributed by atoms with Gasteiger partial charge in [-0.25, -0.2) is 15.0 Å². The van der Waals surface area contributed by atoms with E-state index in [0.29, 0.717) is 18.1 Å². The molecule has 0 radical (unpaired) electrons. The van der Waals surface area contributed by atoms with Crippen LogP contribution in [0.25, 0.3) is 21.3 Å². The van der Waals surface area contributed by atoms with Crippen molar-refractivity contribution in [3.63, 3.8) is 0 Å². The number of likely N-dealkylation sites (tertiary alicyclic amines) is 1. The Morgan fingerprint density at radius 1 is 1.17 bits per heavy atom. The lowest BCUT2D eigenvalue weighted by Crippen LogP contribution is -2.37. The molecule has 1 aliphatic heterocycles. The number of benzene rings is 1. The van der Waals surface area contributed by atoms with Gasteiger partial charge in [0.2, 0.25) is 0 Å². The van der Waals surface area contributed by atoms with E-state index < -0.39 is 0 Å². The van der Waals surface area contributed by atoms with E-state index in [1.165, 1.54) is 11.3 Å². The maximum atomic E-state index is 13.2. The largest absolute Gasteiger partial charge is 0.440 e. The van der Waals surface area contributed by atoms with Crippen LogP contribution in [-0.2, 0) is 0 Å². The second-order valence-electron chi connectivity index (χ2n) is 7.82. The molecule has 1 amide bonds. The number of amides is 1. The standard InChI is InChI=1S/C22H21ClN4O2S/c1-11-18-12(2)24-13(3)25-21(18)30-19(11)22(28)27-8-6-14(7-9-27)20-26-16-10-15(23)4-5-17(16)29-20/h4-5,10,14H,6-9H2,1-3H3. The molecule has 0 aliphatic carbocycles. The molecule has 5 rings (SSSR count). The second-order valence-corrected chi connectivity index (χ2v) is 9.26. The number of halogens is 1. The summed E-state index contributed by atoms with van der Waals surface area (Å²) >= 11 is 7.52. The van der Waals surface area contributed by atoms with Crippen LogP contribution in [0.5, 0.6) is 0 Å². The van der Waals surface area contributed by atoms with Crippen molar-refractivity contribution >= 4 is 50.2 Å². The molecule has 0 spiro atoms. The number of carbonyl (C=O) groups is 1. The third-order valence-corrected chi connectivity index (χ3v) is 7.18. The van der Waals surface area contributed by atoms with Gasteiger partial charge in [-0.15, -0.1) is 11.3 Å². The molecule has 6 nitrogen and oxygen atoms in total. The minimum Gasteiger partial charge on any atom is -0.440 e. The second kappa shape index (κ2) is 7.32. The number of aryl methyl sites for hydroxylation is 3. The molecule has 8 heteroatoms. The number of hydrogen-bond donors (Lipinski definition) is 0. The van der Waals surface area contributed by atoms with Gasteiger partial charge in [-0.05, 0) is 57.4 Å². The molecular formula is C22H21ClN4O2S. The van der Waals surface area contributed by atoms with Gasteiger partial charge in [0, 0.05) is 35.1 Å². The molecule has 1 aliphatic rings. The monoisotopic (exact) mass is 440 g/mol. The summed E-state index contributed by atoms with van der Waals surface area (Å²) in [6.45, 7) is 7.21. The molecule has 0 N–H and O–H groups in total. The van der Waals surface area contributed by atoms with E-state index in [2.05, 4.69) is 15.0 Å². The molecule has 0 saturated carbocycles. The first-order valence-electron chi connectivity index (χ1n) is 10.0. The molecule has 1 aromatic carbocycles. The molecule has 1 saturated heterocycles. The zero-order chi connectivity index (χ0) is 21.0. The highest BCUT2D eigenvalue weighted by molar-refractivity contribution is 7.20. The Morgan fingerprint density at radius 3 is 2.70 bits per heavy atom. The average molecular weight is 441 g/mol. The highest BCUT2D eigenvalue weighted by Crippen LogP contribution is 2.35. The van der Waals surface area contributed by atoms with Gasteiger partial charge in [-0.2, -0.15) is 0 Å². The van der Waals surface area contributed by atoms with E-state index in [0.717, 1.165) is 62.0 Å². The van der Waals surface area contributed by atoms with Crippen molar-refractivity contribution in [2.45, 2.75) is 39.5 Å². The van der Waals surface area contributed by atoms with Crippen molar-refractivity contribution in [1.29, 1.82) is 0 Å². The van der Waals surface area contributed by atoms with Crippen molar-refractivity contribution in [3.8, 4) is 0 Å². The van der Waals surface area contributed by atoms with Crippen LogP contribution in [0.4, 0.5) is 0 Å². The van der Waals surface area contributed by atoms with Gasteiger partial charge in [0.15, 0.2) is 11.5 Å². The van der Waals surface area contributed by atoms with E-state index in [-0.39, 0.29) is 11.8 Å². The molecule has 0 bridgehead atoms. The minimum absolute atomic E-state index is 0.0790. The van der Waals surface area contributed by atoms with Crippen molar-refractivity contribution < 1.29 is 9.21 Å². The number of aromatic nitrogens is 3. The number of piperidine rings is 1. The highest BCUT2D eigenvalue weighted by Gasteiger charge is 2.29. The molecule has 4 heterocycles. The van der Waals surface area contributed by atoms with Crippen molar-refractivity contribution in [3.05, 3.63) is 51.1 Å². The normalized spacial score (nSPS) is 15.4. The molecule has 1 fully saturated rings. The molecule has 4 aromatic rings. The summed E-state index contributed by atoms with van der Waals surface area (Å²) < 4.78 is 5.94.